The highest BCUT2D eigenvalue weighted by molar-refractivity contribution is 6.31. The maximum atomic E-state index is 14.4. The van der Waals surface area contributed by atoms with Crippen LogP contribution < -0.4 is 87.6 Å². The number of aromatic nitrogens is 20. The molecular formula is C87H88ClF16N25O17. The molecule has 59 heteroatoms. The van der Waals surface area contributed by atoms with Gasteiger partial charge in [0.2, 0.25) is 29.5 Å². The molecule has 16 rings (SSSR count). The molecule has 0 spiro atoms. The highest BCUT2D eigenvalue weighted by atomic mass is 35.5. The van der Waals surface area contributed by atoms with Crippen molar-refractivity contribution in [2.45, 2.75) is 109 Å². The highest BCUT2D eigenvalue weighted by Crippen LogP contribution is 2.53. The Balaban J connectivity index is 0.000000227. The summed E-state index contributed by atoms with van der Waals surface area (Å²) in [5.74, 6) is -13.1. The van der Waals surface area contributed by atoms with Crippen LogP contribution in [0.2, 0.25) is 5.02 Å². The van der Waals surface area contributed by atoms with Crippen molar-refractivity contribution in [2.75, 3.05) is 26.6 Å². The summed E-state index contributed by atoms with van der Waals surface area (Å²) in [4.78, 5) is 203. The second kappa shape index (κ2) is 40.1. The summed E-state index contributed by atoms with van der Waals surface area (Å²) >= 11 is 5.87. The van der Waals surface area contributed by atoms with Gasteiger partial charge in [0.15, 0.2) is 55.8 Å². The largest absolute Gasteiger partial charge is 0.435 e. The number of fused-ring (bicyclic) bond motifs is 6. The lowest BCUT2D eigenvalue weighted by atomic mass is 9.89. The molecule has 5 N–H and O–H groups in total. The van der Waals surface area contributed by atoms with Gasteiger partial charge >= 0.3 is 53.0 Å². The van der Waals surface area contributed by atoms with Crippen LogP contribution in [0.15, 0.2) is 171 Å². The summed E-state index contributed by atoms with van der Waals surface area (Å²) in [6.07, 6.45) is -8.20. The van der Waals surface area contributed by atoms with E-state index < -0.39 is 168 Å². The number of ether oxygens (including phenoxy) is 2. The summed E-state index contributed by atoms with van der Waals surface area (Å²) < 4.78 is 241. The molecule has 1 aliphatic rings. The number of carbonyl (C=O) groups is 5. The molecule has 42 nitrogen and oxygen atoms in total. The molecule has 5 amide bonds. The van der Waals surface area contributed by atoms with Gasteiger partial charge in [0, 0.05) is 148 Å². The molecule has 782 valence electrons. The van der Waals surface area contributed by atoms with Crippen molar-refractivity contribution in [1.82, 2.24) is 93.4 Å². The number of carbonyl (C=O) groups excluding carboxylic acids is 5. The van der Waals surface area contributed by atoms with Crippen molar-refractivity contribution in [2.24, 2.45) is 70.5 Å². The van der Waals surface area contributed by atoms with Gasteiger partial charge < -0.3 is 54.2 Å². The molecule has 10 aromatic heterocycles. The van der Waals surface area contributed by atoms with Gasteiger partial charge in [0.1, 0.15) is 50.1 Å². The predicted molar refractivity (Wildman–Crippen MR) is 498 cm³/mol. The standard InChI is InChI=1S/C19H17F6N5O3.C18H16F3N5O5.C17H16ClF2N5O3.C17H16F3N5O3.C16H15F2N5O3.4H2/c1-17(20,21)18(22,19(23,24)25)10-4-6-11(7-5-10)27-12(31)8-30-9-26-14-13(30)15(32)29(3)16(33)28(14)2;1-17(19)30-11-6-9(4-5-10(11)18(20,21)31-17)23-12(27)7-26-8-22-14-13(26)15(28)25(3)16(29)24(14)2;1-17(19,20)10-5-4-9(6-11(10)18)22-12(26)7-25-8-21-14-13(25)15(27)24(3)16(28)23(14)2;1-9-4-5-10(6-11(9)17(18,19)20)22-12(26)7-25-8-21-14-13(25)15(27)24(3)16(28)23(14)2;1-8-10(17)4-9(5-11(8)18)20-12(24)6-23-7-19-14-13(23)15(25)22(3)16(26)21(14)2;;;;/h4-7,9H,8H2,1-3H3,(H,27,31);4-6,8H,7H2,1-3H3,(H,23,27);2*4-6,8H,7H2,1-3H3,(H,22,26);4-5,7H,6H2,1-3H3,(H,20,24);4*1H. The highest BCUT2D eigenvalue weighted by Gasteiger charge is 2.70. The maximum Gasteiger partial charge on any atom is 0.432 e. The van der Waals surface area contributed by atoms with E-state index in [1.54, 1.807) is 0 Å². The van der Waals surface area contributed by atoms with E-state index in [1.165, 1.54) is 177 Å². The Labute approximate surface area is 814 Å². The number of anilines is 5. The van der Waals surface area contributed by atoms with Crippen LogP contribution >= 0.6 is 11.6 Å². The minimum absolute atomic E-state index is 0. The number of nitrogens with zero attached hydrogens (tertiary/aromatic N) is 20. The van der Waals surface area contributed by atoms with E-state index in [1.807, 2.05) is 0 Å². The van der Waals surface area contributed by atoms with Crippen LogP contribution in [0.5, 0.6) is 5.75 Å². The Morgan fingerprint density at radius 3 is 0.973 bits per heavy atom. The quantitative estimate of drug-likeness (QED) is 0.0502. The van der Waals surface area contributed by atoms with Crippen molar-refractivity contribution in [3.63, 3.8) is 0 Å². The molecule has 15 aromatic rings. The fraction of sp³-hybridized carbons (Fsp3) is 0.310. The molecule has 0 saturated carbocycles. The summed E-state index contributed by atoms with van der Waals surface area (Å²) in [5.41, 5.74) is -13.3. The second-order valence-corrected chi connectivity index (χ2v) is 33.5. The number of hydrogen-bond acceptors (Lipinski definition) is 22. The first kappa shape index (κ1) is 108. The average molecular weight is 2100 g/mol. The fourth-order valence-corrected chi connectivity index (χ4v) is 15.3. The maximum absolute atomic E-state index is 14.4. The predicted octanol–water partition coefficient (Wildman–Crippen LogP) is 8.51. The van der Waals surface area contributed by atoms with Gasteiger partial charge in [-0.1, -0.05) is 29.8 Å². The molecule has 2 atom stereocenters. The molecule has 0 bridgehead atoms. The summed E-state index contributed by atoms with van der Waals surface area (Å²) in [6.45, 7) is 2.08. The van der Waals surface area contributed by atoms with Crippen molar-refractivity contribution in [3.05, 3.63) is 277 Å². The average Bonchev–Trinajstić information content (AvgIpc) is 1.35. The summed E-state index contributed by atoms with van der Waals surface area (Å²) in [7, 11) is 13.7. The normalized spacial score (nSPS) is 13.9. The van der Waals surface area contributed by atoms with Crippen LogP contribution in [0.4, 0.5) is 98.7 Å². The molecule has 5 aromatic carbocycles. The van der Waals surface area contributed by atoms with Gasteiger partial charge in [-0.05, 0) is 86.1 Å². The zero-order valence-electron chi connectivity index (χ0n) is 78.4. The van der Waals surface area contributed by atoms with E-state index in [9.17, 15) is 142 Å². The van der Waals surface area contributed by atoms with E-state index in [0.717, 1.165) is 93.8 Å². The molecule has 146 heavy (non-hydrogen) atoms. The minimum atomic E-state index is -5.88. The van der Waals surface area contributed by atoms with Gasteiger partial charge in [-0.2, -0.15) is 39.5 Å². The smallest absolute Gasteiger partial charge is 0.432 e. The monoisotopic (exact) mass is 2090 g/mol. The number of rotatable bonds is 18. The first-order valence-corrected chi connectivity index (χ1v) is 42.3. The van der Waals surface area contributed by atoms with Gasteiger partial charge in [-0.25, -0.2) is 84.4 Å². The Kier molecular flexibility index (Phi) is 29.7. The van der Waals surface area contributed by atoms with Crippen LogP contribution in [-0.2, 0) is 156 Å². The third-order valence-electron chi connectivity index (χ3n) is 22.5. The first-order valence-electron chi connectivity index (χ1n) is 41.9. The van der Waals surface area contributed by atoms with E-state index in [4.69, 9.17) is 16.3 Å². The minimum Gasteiger partial charge on any atom is -0.435 e. The number of hydrogen-bond donors (Lipinski definition) is 5. The molecule has 2 unspecified atom stereocenters. The topological polar surface area (TPSA) is 473 Å². The number of benzene rings is 5. The van der Waals surface area contributed by atoms with Crippen molar-refractivity contribution in [3.8, 4) is 5.75 Å². The van der Waals surface area contributed by atoms with Gasteiger partial charge in [-0.15, -0.1) is 0 Å². The zero-order chi connectivity index (χ0) is 108. The second-order valence-electron chi connectivity index (χ2n) is 33.1. The van der Waals surface area contributed by atoms with Crippen molar-refractivity contribution < 1.29 is 109 Å². The first-order chi connectivity index (χ1) is 67.7. The van der Waals surface area contributed by atoms with E-state index in [2.05, 4.69) is 56.2 Å². The molecular weight excluding hydrogens is 2010 g/mol. The van der Waals surface area contributed by atoms with E-state index in [0.29, 0.717) is 19.1 Å². The van der Waals surface area contributed by atoms with Gasteiger partial charge in [0.25, 0.3) is 45.3 Å². The number of imidazole rings is 5. The van der Waals surface area contributed by atoms with Crippen LogP contribution in [0.3, 0.4) is 0 Å². The Morgan fingerprint density at radius 1 is 0.384 bits per heavy atom. The molecule has 0 fully saturated rings. The molecule has 0 aliphatic carbocycles. The molecule has 1 aliphatic heterocycles. The van der Waals surface area contributed by atoms with E-state index >= 15 is 0 Å². The molecule has 11 heterocycles. The fourth-order valence-electron chi connectivity index (χ4n) is 14.9. The van der Waals surface area contributed by atoms with Crippen molar-refractivity contribution in [1.29, 1.82) is 0 Å². The van der Waals surface area contributed by atoms with Crippen LogP contribution in [0.25, 0.3) is 55.8 Å². The number of aryl methyl sites for hydroxylation is 6. The molecule has 0 radical (unpaired) electrons. The van der Waals surface area contributed by atoms with Crippen LogP contribution in [-0.4, -0.2) is 141 Å². The van der Waals surface area contributed by atoms with Crippen molar-refractivity contribution >= 4 is 125 Å². The summed E-state index contributed by atoms with van der Waals surface area (Å²) in [5, 5.41) is 11.9. The summed E-state index contributed by atoms with van der Waals surface area (Å²) in [6, 6.07) is 11.9. The van der Waals surface area contributed by atoms with Gasteiger partial charge in [0.05, 0.1) is 47.8 Å². The molecule has 0 saturated heterocycles. The SMILES string of the molecule is Cc1c(F)cc(NC(=O)Cn2cnc3c2c(=O)n(C)c(=O)n3C)cc1F.Cc1ccc(NC(=O)Cn2cnc3c2c(=O)n(C)c(=O)n3C)cc1C(F)(F)F.Cn1c(=O)c2c(ncn2CC(=O)Nc2ccc(C(C)(F)F)c(Cl)c2)n(C)c1=O.Cn1c(=O)c2c(ncn2CC(=O)Nc2ccc(C(F)(C(C)(F)F)C(F)(F)F)cc2)n(C)c1=O.Cn1c(=O)c2c(ncn2CC(=O)Nc2ccc3c(c2)OC(C)(F)OC3(F)F)n(C)c1=O.[HH].[HH].[HH].[HH]. The Hall–Kier alpha value is -16.9. The lowest BCUT2D eigenvalue weighted by Crippen LogP contribution is -2.51. The number of nitrogens with one attached hydrogen (secondary N) is 5. The lowest BCUT2D eigenvalue weighted by molar-refractivity contribution is -0.405. The number of alkyl halides is 14. The Bertz CT molecular complexity index is 8500. The van der Waals surface area contributed by atoms with Crippen LogP contribution in [0.1, 0.15) is 59.9 Å². The third kappa shape index (κ3) is 21.6. The lowest BCUT2D eigenvalue weighted by Gasteiger charge is -2.33. The number of halogens is 17. The van der Waals surface area contributed by atoms with E-state index in [-0.39, 0.29) is 145 Å². The zero-order valence-corrected chi connectivity index (χ0v) is 79.1. The third-order valence-corrected chi connectivity index (χ3v) is 22.8. The Morgan fingerprint density at radius 2 is 0.671 bits per heavy atom. The van der Waals surface area contributed by atoms with Crippen LogP contribution in [0, 0.1) is 25.5 Å². The number of amides is 5. The van der Waals surface area contributed by atoms with Gasteiger partial charge in [-0.3, -0.25) is 93.6 Å².